The minimum Gasteiger partial charge on any atom is -0.276 e. The second-order valence-electron chi connectivity index (χ2n) is 3.77. The minimum absolute atomic E-state index is 0.616. The Morgan fingerprint density at radius 2 is 1.83 bits per heavy atom. The van der Waals surface area contributed by atoms with Crippen molar-refractivity contribution < 1.29 is 13.2 Å². The standard InChI is InChI=1S/C11H7F3N4/c12-11(13,14)8-3-1-7(2-4-8)9-5-10-15-6-16-18(10)17-9/h1-6,17H. The van der Waals surface area contributed by atoms with E-state index < -0.39 is 11.7 Å². The van der Waals surface area contributed by atoms with Gasteiger partial charge >= 0.3 is 6.18 Å². The summed E-state index contributed by atoms with van der Waals surface area (Å²) in [5.74, 6) is 0. The number of H-pyrrole nitrogens is 1. The molecule has 0 spiro atoms. The summed E-state index contributed by atoms with van der Waals surface area (Å²) >= 11 is 0. The summed E-state index contributed by atoms with van der Waals surface area (Å²) in [6, 6.07) is 6.64. The number of fused-ring (bicyclic) bond motifs is 1. The molecular formula is C11H7F3N4. The van der Waals surface area contributed by atoms with Gasteiger partial charge in [-0.3, -0.25) is 5.10 Å². The molecule has 4 nitrogen and oxygen atoms in total. The fraction of sp³-hybridized carbons (Fsp3) is 0.0909. The van der Waals surface area contributed by atoms with E-state index >= 15 is 0 Å². The molecule has 0 amide bonds. The molecule has 0 atom stereocenters. The quantitative estimate of drug-likeness (QED) is 0.723. The topological polar surface area (TPSA) is 46.0 Å². The normalized spacial score (nSPS) is 12.2. The lowest BCUT2D eigenvalue weighted by Gasteiger charge is -2.06. The molecule has 18 heavy (non-hydrogen) atoms. The third-order valence-corrected chi connectivity index (χ3v) is 2.60. The van der Waals surface area contributed by atoms with Gasteiger partial charge in [0, 0.05) is 6.07 Å². The van der Waals surface area contributed by atoms with Crippen LogP contribution in [0.5, 0.6) is 0 Å². The van der Waals surface area contributed by atoms with Crippen molar-refractivity contribution in [1.82, 2.24) is 19.8 Å². The molecule has 0 saturated heterocycles. The van der Waals surface area contributed by atoms with Gasteiger partial charge in [-0.1, -0.05) is 12.1 Å². The summed E-state index contributed by atoms with van der Waals surface area (Å²) in [6.45, 7) is 0. The van der Waals surface area contributed by atoms with Crippen LogP contribution in [0.3, 0.4) is 0 Å². The number of rotatable bonds is 1. The van der Waals surface area contributed by atoms with E-state index in [1.165, 1.54) is 23.1 Å². The van der Waals surface area contributed by atoms with Gasteiger partial charge in [0.2, 0.25) is 0 Å². The highest BCUT2D eigenvalue weighted by atomic mass is 19.4. The van der Waals surface area contributed by atoms with Crippen LogP contribution in [0.15, 0.2) is 36.7 Å². The van der Waals surface area contributed by atoms with Crippen LogP contribution in [0.25, 0.3) is 16.9 Å². The van der Waals surface area contributed by atoms with Crippen LogP contribution in [0.4, 0.5) is 13.2 Å². The van der Waals surface area contributed by atoms with E-state index in [1.807, 2.05) is 0 Å². The molecule has 0 radical (unpaired) electrons. The van der Waals surface area contributed by atoms with Crippen molar-refractivity contribution in [2.45, 2.75) is 6.18 Å². The number of alkyl halides is 3. The molecule has 3 aromatic rings. The monoisotopic (exact) mass is 252 g/mol. The van der Waals surface area contributed by atoms with Crippen LogP contribution in [0, 0.1) is 0 Å². The molecule has 2 aromatic heterocycles. The van der Waals surface area contributed by atoms with Crippen molar-refractivity contribution in [1.29, 1.82) is 0 Å². The average Bonchev–Trinajstić information content (AvgIpc) is 2.88. The van der Waals surface area contributed by atoms with E-state index in [0.717, 1.165) is 12.1 Å². The van der Waals surface area contributed by atoms with Gasteiger partial charge in [-0.15, -0.1) is 5.10 Å². The molecule has 7 heteroatoms. The molecule has 0 saturated carbocycles. The minimum atomic E-state index is -4.32. The Hall–Kier alpha value is -2.31. The van der Waals surface area contributed by atoms with Crippen molar-refractivity contribution in [3.05, 3.63) is 42.2 Å². The third kappa shape index (κ3) is 1.73. The first-order valence-electron chi connectivity index (χ1n) is 5.10. The zero-order valence-corrected chi connectivity index (χ0v) is 8.94. The lowest BCUT2D eigenvalue weighted by Crippen LogP contribution is -2.04. The average molecular weight is 252 g/mol. The molecule has 0 bridgehead atoms. The lowest BCUT2D eigenvalue weighted by atomic mass is 10.1. The van der Waals surface area contributed by atoms with E-state index in [1.54, 1.807) is 6.07 Å². The fourth-order valence-corrected chi connectivity index (χ4v) is 1.70. The van der Waals surface area contributed by atoms with Gasteiger partial charge < -0.3 is 0 Å². The maximum Gasteiger partial charge on any atom is 0.416 e. The zero-order valence-electron chi connectivity index (χ0n) is 8.94. The van der Waals surface area contributed by atoms with Gasteiger partial charge in [-0.2, -0.15) is 17.8 Å². The van der Waals surface area contributed by atoms with Crippen LogP contribution in [-0.4, -0.2) is 19.8 Å². The van der Waals surface area contributed by atoms with Crippen LogP contribution in [0.2, 0.25) is 0 Å². The van der Waals surface area contributed by atoms with Crippen molar-refractivity contribution in [3.8, 4) is 11.3 Å². The Morgan fingerprint density at radius 3 is 2.44 bits per heavy atom. The largest absolute Gasteiger partial charge is 0.416 e. The van der Waals surface area contributed by atoms with Gasteiger partial charge in [0.1, 0.15) is 6.33 Å². The molecule has 0 aliphatic carbocycles. The summed E-state index contributed by atoms with van der Waals surface area (Å²) in [5, 5.41) is 6.80. The van der Waals surface area contributed by atoms with Crippen LogP contribution in [-0.2, 0) is 6.18 Å². The van der Waals surface area contributed by atoms with E-state index in [9.17, 15) is 13.2 Å². The molecule has 0 aliphatic rings. The predicted octanol–water partition coefficient (Wildman–Crippen LogP) is 2.74. The van der Waals surface area contributed by atoms with Crippen molar-refractivity contribution >= 4 is 5.65 Å². The number of benzene rings is 1. The van der Waals surface area contributed by atoms with Gasteiger partial charge in [0.15, 0.2) is 5.65 Å². The van der Waals surface area contributed by atoms with E-state index in [2.05, 4.69) is 15.2 Å². The molecule has 0 fully saturated rings. The van der Waals surface area contributed by atoms with Gasteiger partial charge in [-0.25, -0.2) is 4.98 Å². The van der Waals surface area contributed by atoms with Crippen LogP contribution < -0.4 is 0 Å². The Bertz CT molecular complexity index is 650. The van der Waals surface area contributed by atoms with Crippen LogP contribution >= 0.6 is 0 Å². The summed E-state index contributed by atoms with van der Waals surface area (Å²) in [4.78, 5) is 3.96. The summed E-state index contributed by atoms with van der Waals surface area (Å²) < 4.78 is 38.7. The number of aromatic nitrogens is 4. The molecule has 2 heterocycles. The number of halogens is 3. The van der Waals surface area contributed by atoms with Crippen LogP contribution in [0.1, 0.15) is 5.56 Å². The number of hydrogen-bond acceptors (Lipinski definition) is 2. The first kappa shape index (κ1) is 10.8. The Labute approximate surface area is 99.1 Å². The Balaban J connectivity index is 2.00. The van der Waals surface area contributed by atoms with Gasteiger partial charge in [0.05, 0.1) is 11.3 Å². The second-order valence-corrected chi connectivity index (χ2v) is 3.77. The molecule has 3 rings (SSSR count). The highest BCUT2D eigenvalue weighted by Gasteiger charge is 2.30. The molecule has 92 valence electrons. The summed E-state index contributed by atoms with van der Waals surface area (Å²) in [7, 11) is 0. The van der Waals surface area contributed by atoms with Crippen molar-refractivity contribution in [3.63, 3.8) is 0 Å². The number of nitrogens with zero attached hydrogens (tertiary/aromatic N) is 3. The summed E-state index contributed by atoms with van der Waals surface area (Å²) in [6.07, 6.45) is -2.92. The smallest absolute Gasteiger partial charge is 0.276 e. The molecule has 0 unspecified atom stereocenters. The van der Waals surface area contributed by atoms with E-state index in [0.29, 0.717) is 16.9 Å². The van der Waals surface area contributed by atoms with Gasteiger partial charge in [0.25, 0.3) is 0 Å². The zero-order chi connectivity index (χ0) is 12.8. The highest BCUT2D eigenvalue weighted by Crippen LogP contribution is 2.30. The molecular weight excluding hydrogens is 245 g/mol. The predicted molar refractivity (Wildman–Crippen MR) is 57.8 cm³/mol. The third-order valence-electron chi connectivity index (χ3n) is 2.60. The molecule has 0 aliphatic heterocycles. The van der Waals surface area contributed by atoms with Crippen molar-refractivity contribution in [2.75, 3.05) is 0 Å². The fourth-order valence-electron chi connectivity index (χ4n) is 1.70. The SMILES string of the molecule is FC(F)(F)c1ccc(-c2cc3ncnn3[nH]2)cc1. The number of nitrogens with one attached hydrogen (secondary N) is 1. The first-order chi connectivity index (χ1) is 8.54. The lowest BCUT2D eigenvalue weighted by molar-refractivity contribution is -0.137. The van der Waals surface area contributed by atoms with Gasteiger partial charge in [-0.05, 0) is 17.7 Å². The molecule has 1 N–H and O–H groups in total. The molecule has 1 aromatic carbocycles. The number of hydrogen-bond donors (Lipinski definition) is 1. The maximum absolute atomic E-state index is 12.4. The Morgan fingerprint density at radius 1 is 1.11 bits per heavy atom. The second kappa shape index (κ2) is 3.59. The maximum atomic E-state index is 12.4. The Kier molecular flexibility index (Phi) is 2.16. The van der Waals surface area contributed by atoms with Crippen molar-refractivity contribution in [2.24, 2.45) is 0 Å². The summed E-state index contributed by atoms with van der Waals surface area (Å²) in [5.41, 5.74) is 1.26. The highest BCUT2D eigenvalue weighted by molar-refractivity contribution is 5.63. The van der Waals surface area contributed by atoms with E-state index in [-0.39, 0.29) is 0 Å². The first-order valence-corrected chi connectivity index (χ1v) is 5.10. The number of aromatic amines is 1. The van der Waals surface area contributed by atoms with E-state index in [4.69, 9.17) is 0 Å².